The van der Waals surface area contributed by atoms with Crippen molar-refractivity contribution in [3.05, 3.63) is 29.5 Å². The van der Waals surface area contributed by atoms with Gasteiger partial charge in [-0.15, -0.1) is 0 Å². The molecule has 5 heteroatoms. The van der Waals surface area contributed by atoms with E-state index in [1.807, 2.05) is 6.07 Å². The lowest BCUT2D eigenvalue weighted by Crippen LogP contribution is -2.29. The number of ether oxygens (including phenoxy) is 1. The lowest BCUT2D eigenvalue weighted by molar-refractivity contribution is -0.119. The Morgan fingerprint density at radius 1 is 1.48 bits per heavy atom. The SMILES string of the molecule is COc1ccc2[nH]c(CN3CC[C@@H](CNC(C)=O)C3)c(C)c2c1. The fourth-order valence-corrected chi connectivity index (χ4v) is 3.38. The van der Waals surface area contributed by atoms with E-state index in [1.165, 1.54) is 16.6 Å². The molecule has 1 fully saturated rings. The number of carbonyl (C=O) groups is 1. The van der Waals surface area contributed by atoms with Crippen LogP contribution in [0.5, 0.6) is 5.75 Å². The van der Waals surface area contributed by atoms with E-state index in [1.54, 1.807) is 14.0 Å². The Hall–Kier alpha value is -2.01. The van der Waals surface area contributed by atoms with Crippen molar-refractivity contribution in [2.45, 2.75) is 26.8 Å². The molecule has 5 nitrogen and oxygen atoms in total. The molecular weight excluding hydrogens is 290 g/mol. The van der Waals surface area contributed by atoms with Gasteiger partial charge in [-0.25, -0.2) is 0 Å². The quantitative estimate of drug-likeness (QED) is 0.891. The molecule has 0 unspecified atom stereocenters. The summed E-state index contributed by atoms with van der Waals surface area (Å²) < 4.78 is 5.32. The number of carbonyl (C=O) groups excluding carboxylic acids is 1. The van der Waals surface area contributed by atoms with Crippen LogP contribution in [-0.4, -0.2) is 42.5 Å². The summed E-state index contributed by atoms with van der Waals surface area (Å²) in [7, 11) is 1.70. The second-order valence-corrected chi connectivity index (χ2v) is 6.47. The number of amides is 1. The van der Waals surface area contributed by atoms with E-state index >= 15 is 0 Å². The van der Waals surface area contributed by atoms with Crippen molar-refractivity contribution in [2.75, 3.05) is 26.7 Å². The average Bonchev–Trinajstić information content (AvgIpc) is 3.11. The van der Waals surface area contributed by atoms with Gasteiger partial charge in [-0.2, -0.15) is 0 Å². The number of benzene rings is 1. The van der Waals surface area contributed by atoms with E-state index in [9.17, 15) is 4.79 Å². The monoisotopic (exact) mass is 315 g/mol. The summed E-state index contributed by atoms with van der Waals surface area (Å²) in [4.78, 5) is 17.0. The summed E-state index contributed by atoms with van der Waals surface area (Å²) in [6.45, 7) is 7.59. The van der Waals surface area contributed by atoms with Gasteiger partial charge < -0.3 is 15.0 Å². The molecule has 1 aliphatic heterocycles. The number of nitrogens with one attached hydrogen (secondary N) is 2. The van der Waals surface area contributed by atoms with Crippen LogP contribution in [0.3, 0.4) is 0 Å². The first-order chi connectivity index (χ1) is 11.1. The first kappa shape index (κ1) is 15.9. The van der Waals surface area contributed by atoms with Gasteiger partial charge in [0.05, 0.1) is 7.11 Å². The lowest BCUT2D eigenvalue weighted by atomic mass is 10.1. The van der Waals surface area contributed by atoms with E-state index in [0.29, 0.717) is 5.92 Å². The summed E-state index contributed by atoms with van der Waals surface area (Å²) in [5.41, 5.74) is 3.73. The molecule has 23 heavy (non-hydrogen) atoms. The van der Waals surface area contributed by atoms with Crippen LogP contribution < -0.4 is 10.1 Å². The molecule has 0 aliphatic carbocycles. The van der Waals surface area contributed by atoms with Crippen LogP contribution in [0.2, 0.25) is 0 Å². The molecule has 3 rings (SSSR count). The summed E-state index contributed by atoms with van der Waals surface area (Å²) in [6, 6.07) is 6.16. The number of H-pyrrole nitrogens is 1. The Labute approximate surface area is 137 Å². The molecule has 1 aromatic heterocycles. The Morgan fingerprint density at radius 2 is 2.30 bits per heavy atom. The van der Waals surface area contributed by atoms with Gasteiger partial charge in [0.2, 0.25) is 5.91 Å². The molecule has 2 N–H and O–H groups in total. The van der Waals surface area contributed by atoms with E-state index < -0.39 is 0 Å². The Kier molecular flexibility index (Phi) is 4.57. The van der Waals surface area contributed by atoms with Crippen LogP contribution in [0.25, 0.3) is 10.9 Å². The summed E-state index contributed by atoms with van der Waals surface area (Å²) in [6.07, 6.45) is 1.15. The number of nitrogens with zero attached hydrogens (tertiary/aromatic N) is 1. The topological polar surface area (TPSA) is 57.4 Å². The highest BCUT2D eigenvalue weighted by molar-refractivity contribution is 5.85. The van der Waals surface area contributed by atoms with Gasteiger partial charge in [0.1, 0.15) is 5.75 Å². The summed E-state index contributed by atoms with van der Waals surface area (Å²) in [5, 5.41) is 4.16. The molecular formula is C18H25N3O2. The molecule has 0 saturated carbocycles. The summed E-state index contributed by atoms with van der Waals surface area (Å²) >= 11 is 0. The first-order valence-corrected chi connectivity index (χ1v) is 8.19. The number of aryl methyl sites for hydroxylation is 1. The lowest BCUT2D eigenvalue weighted by Gasteiger charge is -2.16. The standard InChI is InChI=1S/C18H25N3O2/c1-12-16-8-15(23-3)4-5-17(16)20-18(12)11-21-7-6-14(10-21)9-19-13(2)22/h4-5,8,14,20H,6-7,9-11H2,1-3H3,(H,19,22)/t14-/m0/s1. The zero-order chi connectivity index (χ0) is 16.4. The van der Waals surface area contributed by atoms with Crippen LogP contribution in [-0.2, 0) is 11.3 Å². The van der Waals surface area contributed by atoms with Gasteiger partial charge in [-0.1, -0.05) is 0 Å². The fourth-order valence-electron chi connectivity index (χ4n) is 3.38. The number of aromatic amines is 1. The number of aromatic nitrogens is 1. The Balaban J connectivity index is 1.68. The van der Waals surface area contributed by atoms with Crippen molar-refractivity contribution < 1.29 is 9.53 Å². The van der Waals surface area contributed by atoms with Crippen LogP contribution in [0, 0.1) is 12.8 Å². The van der Waals surface area contributed by atoms with Crippen molar-refractivity contribution in [2.24, 2.45) is 5.92 Å². The predicted molar refractivity (Wildman–Crippen MR) is 91.7 cm³/mol. The minimum absolute atomic E-state index is 0.0591. The zero-order valence-corrected chi connectivity index (χ0v) is 14.1. The molecule has 0 spiro atoms. The van der Waals surface area contributed by atoms with E-state index in [4.69, 9.17) is 4.74 Å². The van der Waals surface area contributed by atoms with Crippen molar-refractivity contribution in [1.29, 1.82) is 0 Å². The molecule has 2 aromatic rings. The third-order valence-electron chi connectivity index (χ3n) is 4.76. The van der Waals surface area contributed by atoms with Crippen LogP contribution in [0.1, 0.15) is 24.6 Å². The third-order valence-corrected chi connectivity index (χ3v) is 4.76. The minimum atomic E-state index is 0.0591. The molecule has 124 valence electrons. The average molecular weight is 315 g/mol. The van der Waals surface area contributed by atoms with Gasteiger partial charge in [0.15, 0.2) is 0 Å². The first-order valence-electron chi connectivity index (χ1n) is 8.19. The maximum atomic E-state index is 11.0. The number of fused-ring (bicyclic) bond motifs is 1. The van der Waals surface area contributed by atoms with Crippen LogP contribution in [0.15, 0.2) is 18.2 Å². The van der Waals surface area contributed by atoms with Crippen molar-refractivity contribution in [1.82, 2.24) is 15.2 Å². The van der Waals surface area contributed by atoms with Gasteiger partial charge in [-0.05, 0) is 49.6 Å². The highest BCUT2D eigenvalue weighted by atomic mass is 16.5. The highest BCUT2D eigenvalue weighted by Gasteiger charge is 2.23. The molecule has 0 bridgehead atoms. The number of likely N-dealkylation sites (tertiary alicyclic amines) is 1. The van der Waals surface area contributed by atoms with E-state index in [-0.39, 0.29) is 5.91 Å². The number of rotatable bonds is 5. The molecule has 1 atom stereocenters. The normalized spacial score (nSPS) is 18.5. The molecule has 1 amide bonds. The van der Waals surface area contributed by atoms with Crippen molar-refractivity contribution >= 4 is 16.8 Å². The smallest absolute Gasteiger partial charge is 0.216 e. The van der Waals surface area contributed by atoms with Crippen LogP contribution in [0.4, 0.5) is 0 Å². The van der Waals surface area contributed by atoms with Gasteiger partial charge in [0, 0.05) is 43.2 Å². The number of hydrogen-bond donors (Lipinski definition) is 2. The number of methoxy groups -OCH3 is 1. The van der Waals surface area contributed by atoms with Crippen molar-refractivity contribution in [3.63, 3.8) is 0 Å². The Bertz CT molecular complexity index is 708. The Morgan fingerprint density at radius 3 is 3.04 bits per heavy atom. The molecule has 0 radical (unpaired) electrons. The fraction of sp³-hybridized carbons (Fsp3) is 0.500. The number of hydrogen-bond acceptors (Lipinski definition) is 3. The van der Waals surface area contributed by atoms with Crippen LogP contribution >= 0.6 is 0 Å². The van der Waals surface area contributed by atoms with Gasteiger partial charge >= 0.3 is 0 Å². The van der Waals surface area contributed by atoms with Gasteiger partial charge in [0.25, 0.3) is 0 Å². The van der Waals surface area contributed by atoms with E-state index in [0.717, 1.165) is 43.9 Å². The molecule has 1 aromatic carbocycles. The zero-order valence-electron chi connectivity index (χ0n) is 14.1. The molecule has 2 heterocycles. The predicted octanol–water partition coefficient (Wildman–Crippen LogP) is 2.44. The minimum Gasteiger partial charge on any atom is -0.497 e. The van der Waals surface area contributed by atoms with E-state index in [2.05, 4.69) is 34.3 Å². The maximum absolute atomic E-state index is 11.0. The molecule has 1 saturated heterocycles. The maximum Gasteiger partial charge on any atom is 0.216 e. The highest BCUT2D eigenvalue weighted by Crippen LogP contribution is 2.27. The van der Waals surface area contributed by atoms with Gasteiger partial charge in [-0.3, -0.25) is 9.69 Å². The second kappa shape index (κ2) is 6.62. The molecule has 1 aliphatic rings. The van der Waals surface area contributed by atoms with Crippen molar-refractivity contribution in [3.8, 4) is 5.75 Å². The second-order valence-electron chi connectivity index (χ2n) is 6.47. The summed E-state index contributed by atoms with van der Waals surface area (Å²) in [5.74, 6) is 1.51. The largest absolute Gasteiger partial charge is 0.497 e. The third kappa shape index (κ3) is 3.50.